The van der Waals surface area contributed by atoms with Gasteiger partial charge in [0.05, 0.1) is 12.3 Å². The van der Waals surface area contributed by atoms with Gasteiger partial charge in [-0.05, 0) is 98.4 Å². The molecule has 7 atom stereocenters. The molecular weight excluding hydrogens is 478 g/mol. The number of amides is 1. The first-order chi connectivity index (χ1) is 18.0. The van der Waals surface area contributed by atoms with Crippen LogP contribution < -0.4 is 5.32 Å². The van der Waals surface area contributed by atoms with Gasteiger partial charge in [-0.25, -0.2) is 4.79 Å². The first-order valence-electron chi connectivity index (χ1n) is 15.1. The summed E-state index contributed by atoms with van der Waals surface area (Å²) in [4.78, 5) is 32.2. The average molecular weight is 528 g/mol. The highest BCUT2D eigenvalue weighted by molar-refractivity contribution is 5.91. The van der Waals surface area contributed by atoms with E-state index in [1.165, 1.54) is 31.3 Å². The number of oxime groups is 1. The van der Waals surface area contributed by atoms with Gasteiger partial charge in [0.2, 0.25) is 0 Å². The maximum atomic E-state index is 13.0. The van der Waals surface area contributed by atoms with Crippen molar-refractivity contribution in [2.45, 2.75) is 98.4 Å². The van der Waals surface area contributed by atoms with Crippen molar-refractivity contribution in [3.8, 4) is 0 Å². The monoisotopic (exact) mass is 527 g/mol. The number of nitrogens with one attached hydrogen (secondary N) is 1. The van der Waals surface area contributed by atoms with Crippen molar-refractivity contribution < 1.29 is 19.5 Å². The van der Waals surface area contributed by atoms with E-state index in [1.807, 2.05) is 13.0 Å². The largest absolute Gasteiger partial charge is 0.436 e. The summed E-state index contributed by atoms with van der Waals surface area (Å²) in [6.07, 6.45) is 11.2. The molecule has 212 valence electrons. The van der Waals surface area contributed by atoms with Crippen molar-refractivity contribution in [3.63, 3.8) is 0 Å². The van der Waals surface area contributed by atoms with Crippen molar-refractivity contribution in [1.29, 1.82) is 0 Å². The number of aliphatic hydroxyl groups is 1. The lowest BCUT2D eigenvalue weighted by Crippen LogP contribution is -2.51. The highest BCUT2D eigenvalue weighted by Crippen LogP contribution is 2.66. The van der Waals surface area contributed by atoms with Crippen LogP contribution in [0.15, 0.2) is 16.8 Å². The number of rotatable bonds is 6. The number of aliphatic hydroxyl groups excluding tert-OH is 1. The third kappa shape index (κ3) is 4.98. The molecule has 5 aliphatic rings. The molecule has 0 aromatic carbocycles. The highest BCUT2D eigenvalue weighted by Gasteiger charge is 2.59. The first-order valence-corrected chi connectivity index (χ1v) is 15.1. The van der Waals surface area contributed by atoms with Crippen LogP contribution in [0.1, 0.15) is 92.4 Å². The van der Waals surface area contributed by atoms with Crippen LogP contribution >= 0.6 is 0 Å². The molecular formula is C31H49N3O4. The number of nitrogens with zero attached hydrogens (tertiary/aromatic N) is 2. The molecule has 0 bridgehead atoms. The van der Waals surface area contributed by atoms with Crippen molar-refractivity contribution in [3.05, 3.63) is 11.6 Å². The van der Waals surface area contributed by atoms with Gasteiger partial charge in [0.25, 0.3) is 0 Å². The van der Waals surface area contributed by atoms with Gasteiger partial charge in [0, 0.05) is 38.0 Å². The fraction of sp³-hybridized carbons (Fsp3) is 0.839. The lowest BCUT2D eigenvalue weighted by atomic mass is 9.46. The Morgan fingerprint density at radius 2 is 1.92 bits per heavy atom. The Labute approximate surface area is 228 Å². The predicted octanol–water partition coefficient (Wildman–Crippen LogP) is 5.33. The van der Waals surface area contributed by atoms with Crippen molar-refractivity contribution in [2.75, 3.05) is 26.2 Å². The molecule has 4 aliphatic carbocycles. The second-order valence-electron chi connectivity index (χ2n) is 14.3. The molecule has 1 saturated heterocycles. The number of carbonyl (C=O) groups is 2. The third-order valence-corrected chi connectivity index (χ3v) is 11.5. The minimum Gasteiger partial charge on any atom is -0.395 e. The van der Waals surface area contributed by atoms with E-state index in [2.05, 4.69) is 38.2 Å². The van der Waals surface area contributed by atoms with Crippen molar-refractivity contribution in [1.82, 2.24) is 10.2 Å². The minimum absolute atomic E-state index is 0.0944. The third-order valence-electron chi connectivity index (χ3n) is 11.5. The Bertz CT molecular complexity index is 1010. The second-order valence-corrected chi connectivity index (χ2v) is 14.3. The van der Waals surface area contributed by atoms with Gasteiger partial charge in [0.15, 0.2) is 5.78 Å². The molecule has 1 aliphatic heterocycles. The van der Waals surface area contributed by atoms with Crippen LogP contribution in [0.5, 0.6) is 0 Å². The summed E-state index contributed by atoms with van der Waals surface area (Å²) in [5, 5.41) is 17.5. The van der Waals surface area contributed by atoms with E-state index in [0.29, 0.717) is 42.4 Å². The molecule has 0 spiro atoms. The van der Waals surface area contributed by atoms with E-state index in [-0.39, 0.29) is 35.4 Å². The molecule has 4 fully saturated rings. The molecule has 1 heterocycles. The molecule has 38 heavy (non-hydrogen) atoms. The number of ketones is 1. The van der Waals surface area contributed by atoms with Gasteiger partial charge in [-0.15, -0.1) is 0 Å². The zero-order valence-corrected chi connectivity index (χ0v) is 24.2. The van der Waals surface area contributed by atoms with Crippen LogP contribution in [0.3, 0.4) is 0 Å². The Morgan fingerprint density at radius 3 is 2.63 bits per heavy atom. The van der Waals surface area contributed by atoms with Crippen LogP contribution in [-0.4, -0.2) is 59.9 Å². The SMILES string of the molecule is C/C(=N\OC(=O)N(CCO)CC1CC(C)(C)CN1)[C@H]1CC[C@H]2[C@@H]3CCC4=CC(=O)CC[C@]4(C)[C@H]3CC[C@]12C. The van der Waals surface area contributed by atoms with Gasteiger partial charge in [-0.2, -0.15) is 0 Å². The van der Waals surface area contributed by atoms with E-state index in [0.717, 1.165) is 37.9 Å². The Balaban J connectivity index is 1.24. The average Bonchev–Trinajstić information content (AvgIpc) is 3.40. The minimum atomic E-state index is -0.473. The van der Waals surface area contributed by atoms with E-state index in [4.69, 9.17) is 4.84 Å². The molecule has 0 aromatic heterocycles. The van der Waals surface area contributed by atoms with E-state index in [1.54, 1.807) is 4.90 Å². The molecule has 2 N–H and O–H groups in total. The van der Waals surface area contributed by atoms with Crippen LogP contribution in [0.25, 0.3) is 0 Å². The zero-order chi connectivity index (χ0) is 27.3. The summed E-state index contributed by atoms with van der Waals surface area (Å²) >= 11 is 0. The molecule has 1 amide bonds. The van der Waals surface area contributed by atoms with Crippen LogP contribution in [0, 0.1) is 39.9 Å². The molecule has 5 rings (SSSR count). The zero-order valence-electron chi connectivity index (χ0n) is 24.2. The Hall–Kier alpha value is -1.73. The van der Waals surface area contributed by atoms with E-state index in [9.17, 15) is 14.7 Å². The lowest BCUT2D eigenvalue weighted by Gasteiger charge is -2.58. The number of fused-ring (bicyclic) bond motifs is 5. The number of hydrogen-bond acceptors (Lipinski definition) is 6. The van der Waals surface area contributed by atoms with E-state index >= 15 is 0 Å². The van der Waals surface area contributed by atoms with Gasteiger partial charge in [0.1, 0.15) is 0 Å². The van der Waals surface area contributed by atoms with Crippen molar-refractivity contribution in [2.24, 2.45) is 45.1 Å². The second kappa shape index (κ2) is 10.3. The Morgan fingerprint density at radius 1 is 1.13 bits per heavy atom. The fourth-order valence-electron chi connectivity index (χ4n) is 9.48. The lowest BCUT2D eigenvalue weighted by molar-refractivity contribution is -0.117. The molecule has 0 radical (unpaired) electrons. The Kier molecular flexibility index (Phi) is 7.58. The maximum absolute atomic E-state index is 13.0. The summed E-state index contributed by atoms with van der Waals surface area (Å²) < 4.78 is 0. The molecule has 1 unspecified atom stereocenters. The maximum Gasteiger partial charge on any atom is 0.436 e. The molecule has 3 saturated carbocycles. The number of allylic oxidation sites excluding steroid dienone is 1. The normalized spacial score (nSPS) is 40.2. The highest BCUT2D eigenvalue weighted by atomic mass is 16.7. The van der Waals surface area contributed by atoms with E-state index < -0.39 is 6.09 Å². The fourth-order valence-corrected chi connectivity index (χ4v) is 9.48. The van der Waals surface area contributed by atoms with Crippen LogP contribution in [-0.2, 0) is 9.63 Å². The summed E-state index contributed by atoms with van der Waals surface area (Å²) in [5.41, 5.74) is 2.92. The number of hydrogen-bond donors (Lipinski definition) is 2. The molecule has 7 heteroatoms. The topological polar surface area (TPSA) is 91.2 Å². The first kappa shape index (κ1) is 27.8. The summed E-state index contributed by atoms with van der Waals surface area (Å²) in [6.45, 7) is 13.0. The van der Waals surface area contributed by atoms with Gasteiger partial charge < -0.3 is 15.3 Å². The van der Waals surface area contributed by atoms with Gasteiger partial charge in [-0.1, -0.05) is 38.4 Å². The van der Waals surface area contributed by atoms with Crippen molar-refractivity contribution >= 4 is 17.6 Å². The summed E-state index contributed by atoms with van der Waals surface area (Å²) in [5.74, 6) is 2.67. The van der Waals surface area contributed by atoms with Gasteiger partial charge in [-0.3, -0.25) is 9.63 Å². The number of carbonyl (C=O) groups excluding carboxylic acids is 2. The summed E-state index contributed by atoms with van der Waals surface area (Å²) in [7, 11) is 0. The standard InChI is InChI=1S/C31H49N3O4/c1-20(33-38-28(37)34(14-15-35)18-22-17-29(2,3)19-32-22)25-8-9-26-24-7-6-21-16-23(36)10-12-30(21,4)27(24)11-13-31(25,26)5/h16,22,24-27,32,35H,6-15,17-19H2,1-5H3/b33-20+/t22?,24-,25+,26-,27-,30-,31+/m0/s1. The van der Waals surface area contributed by atoms with Crippen LogP contribution in [0.2, 0.25) is 0 Å². The van der Waals surface area contributed by atoms with Crippen LogP contribution in [0.4, 0.5) is 4.79 Å². The molecule has 0 aromatic rings. The predicted molar refractivity (Wildman–Crippen MR) is 149 cm³/mol. The molecule has 7 nitrogen and oxygen atoms in total. The smallest absolute Gasteiger partial charge is 0.395 e. The van der Waals surface area contributed by atoms with Gasteiger partial charge >= 0.3 is 6.09 Å². The summed E-state index contributed by atoms with van der Waals surface area (Å²) in [6, 6.07) is 0.203. The quantitative estimate of drug-likeness (QED) is 0.277.